The molecule has 3 N–H and O–H groups in total. The molecule has 6 nitrogen and oxygen atoms in total. The van der Waals surface area contributed by atoms with E-state index in [0.29, 0.717) is 12.0 Å². The highest BCUT2D eigenvalue weighted by Crippen LogP contribution is 2.14. The number of halogens is 1. The second-order valence-electron chi connectivity index (χ2n) is 6.30. The summed E-state index contributed by atoms with van der Waals surface area (Å²) in [6.45, 7) is 5.92. The Balaban J connectivity index is 1.82. The molecule has 25 heavy (non-hydrogen) atoms. The van der Waals surface area contributed by atoms with Crippen molar-refractivity contribution in [1.82, 2.24) is 20.4 Å². The predicted molar refractivity (Wildman–Crippen MR) is 93.7 cm³/mol. The van der Waals surface area contributed by atoms with Crippen LogP contribution in [0.25, 0.3) is 0 Å². The molecule has 0 aliphatic carbocycles. The normalized spacial score (nSPS) is 13.4. The number of aliphatic hydroxyl groups is 1. The van der Waals surface area contributed by atoms with Crippen molar-refractivity contribution in [2.75, 3.05) is 6.54 Å². The zero-order valence-corrected chi connectivity index (χ0v) is 15.0. The fourth-order valence-corrected chi connectivity index (χ4v) is 2.74. The highest BCUT2D eigenvalue weighted by Gasteiger charge is 2.15. The molecule has 1 heterocycles. The highest BCUT2D eigenvalue weighted by molar-refractivity contribution is 5.74. The summed E-state index contributed by atoms with van der Waals surface area (Å²) in [4.78, 5) is 12.0. The van der Waals surface area contributed by atoms with Crippen LogP contribution in [-0.4, -0.2) is 33.5 Å². The van der Waals surface area contributed by atoms with Crippen molar-refractivity contribution in [3.05, 3.63) is 52.6 Å². The van der Waals surface area contributed by atoms with Crippen molar-refractivity contribution < 1.29 is 14.3 Å². The molecule has 0 aliphatic rings. The number of hydrogen-bond acceptors (Lipinski definition) is 3. The summed E-state index contributed by atoms with van der Waals surface area (Å²) in [5.74, 6) is -0.364. The van der Waals surface area contributed by atoms with Crippen molar-refractivity contribution in [3.63, 3.8) is 0 Å². The van der Waals surface area contributed by atoms with E-state index in [9.17, 15) is 14.3 Å². The number of aromatic nitrogens is 2. The molecule has 2 unspecified atom stereocenters. The molecule has 2 atom stereocenters. The Hall–Kier alpha value is -2.41. The minimum atomic E-state index is -0.885. The molecule has 0 spiro atoms. The third kappa shape index (κ3) is 5.03. The maximum absolute atomic E-state index is 12.9. The number of carbonyl (C=O) groups is 1. The van der Waals surface area contributed by atoms with E-state index in [1.54, 1.807) is 0 Å². The van der Waals surface area contributed by atoms with Gasteiger partial charge in [0.1, 0.15) is 5.82 Å². The lowest BCUT2D eigenvalue weighted by molar-refractivity contribution is 0.172. The SMILES string of the molecule is Cc1nn(C)c(C)c1CC(C)NC(=O)NCC(O)c1ccc(F)cc1. The first-order chi connectivity index (χ1) is 11.8. The van der Waals surface area contributed by atoms with Gasteiger partial charge in [0.15, 0.2) is 0 Å². The summed E-state index contributed by atoms with van der Waals surface area (Å²) in [6, 6.07) is 5.11. The summed E-state index contributed by atoms with van der Waals surface area (Å²) < 4.78 is 14.7. The smallest absolute Gasteiger partial charge is 0.315 e. The van der Waals surface area contributed by atoms with Crippen LogP contribution in [0.1, 0.15) is 35.5 Å². The van der Waals surface area contributed by atoms with Crippen LogP contribution in [0.4, 0.5) is 9.18 Å². The van der Waals surface area contributed by atoms with Crippen LogP contribution in [0.15, 0.2) is 24.3 Å². The molecule has 0 radical (unpaired) electrons. The highest BCUT2D eigenvalue weighted by atomic mass is 19.1. The molecule has 0 saturated heterocycles. The van der Waals surface area contributed by atoms with E-state index in [-0.39, 0.29) is 24.4 Å². The van der Waals surface area contributed by atoms with Gasteiger partial charge in [0.2, 0.25) is 0 Å². The molecule has 7 heteroatoms. The van der Waals surface area contributed by atoms with Crippen molar-refractivity contribution in [3.8, 4) is 0 Å². The molecule has 0 aliphatic heterocycles. The van der Waals surface area contributed by atoms with Gasteiger partial charge in [0, 0.05) is 25.3 Å². The maximum atomic E-state index is 12.9. The van der Waals surface area contributed by atoms with Crippen LogP contribution >= 0.6 is 0 Å². The van der Waals surface area contributed by atoms with E-state index in [4.69, 9.17) is 0 Å². The van der Waals surface area contributed by atoms with Crippen molar-refractivity contribution in [1.29, 1.82) is 0 Å². The molecule has 0 bridgehead atoms. The van der Waals surface area contributed by atoms with Gasteiger partial charge in [-0.2, -0.15) is 5.10 Å². The summed E-state index contributed by atoms with van der Waals surface area (Å²) in [7, 11) is 1.90. The summed E-state index contributed by atoms with van der Waals surface area (Å²) in [5.41, 5.74) is 3.72. The van der Waals surface area contributed by atoms with E-state index in [0.717, 1.165) is 17.0 Å². The van der Waals surface area contributed by atoms with Gasteiger partial charge in [-0.3, -0.25) is 4.68 Å². The number of aliphatic hydroxyl groups excluding tert-OH is 1. The van der Waals surface area contributed by atoms with Gasteiger partial charge >= 0.3 is 6.03 Å². The zero-order valence-electron chi connectivity index (χ0n) is 15.0. The first kappa shape index (κ1) is 18.9. The quantitative estimate of drug-likeness (QED) is 0.748. The zero-order chi connectivity index (χ0) is 18.6. The Labute approximate surface area is 147 Å². The number of nitrogens with zero attached hydrogens (tertiary/aromatic N) is 2. The Kier molecular flexibility index (Phi) is 6.14. The van der Waals surface area contributed by atoms with Crippen LogP contribution in [0.3, 0.4) is 0 Å². The monoisotopic (exact) mass is 348 g/mol. The molecule has 2 aromatic rings. The maximum Gasteiger partial charge on any atom is 0.315 e. The molecule has 136 valence electrons. The van der Waals surface area contributed by atoms with E-state index in [2.05, 4.69) is 15.7 Å². The molecule has 2 amide bonds. The Morgan fingerprint density at radius 1 is 1.32 bits per heavy atom. The third-order valence-electron chi connectivity index (χ3n) is 4.26. The Morgan fingerprint density at radius 3 is 2.52 bits per heavy atom. The first-order valence-electron chi connectivity index (χ1n) is 8.25. The lowest BCUT2D eigenvalue weighted by Crippen LogP contribution is -2.43. The topological polar surface area (TPSA) is 79.2 Å². The molecule has 0 saturated carbocycles. The van der Waals surface area contributed by atoms with Gasteiger partial charge in [-0.1, -0.05) is 12.1 Å². The molecule has 2 rings (SSSR count). The Morgan fingerprint density at radius 2 is 1.96 bits per heavy atom. The van der Waals surface area contributed by atoms with Crippen molar-refractivity contribution in [2.24, 2.45) is 7.05 Å². The Bertz CT molecular complexity index is 727. The van der Waals surface area contributed by atoms with Gasteiger partial charge in [-0.05, 0) is 50.5 Å². The molecular weight excluding hydrogens is 323 g/mol. The number of carbonyl (C=O) groups excluding carboxylic acids is 1. The second kappa shape index (κ2) is 8.11. The first-order valence-corrected chi connectivity index (χ1v) is 8.25. The number of rotatable bonds is 6. The minimum absolute atomic E-state index is 0.0507. The van der Waals surface area contributed by atoms with Crippen molar-refractivity contribution in [2.45, 2.75) is 39.3 Å². The van der Waals surface area contributed by atoms with Crippen LogP contribution in [0.2, 0.25) is 0 Å². The van der Waals surface area contributed by atoms with E-state index in [1.165, 1.54) is 24.3 Å². The summed E-state index contributed by atoms with van der Waals surface area (Å²) >= 11 is 0. The number of hydrogen-bond donors (Lipinski definition) is 3. The van der Waals surface area contributed by atoms with Gasteiger partial charge in [0.25, 0.3) is 0 Å². The van der Waals surface area contributed by atoms with Gasteiger partial charge in [-0.15, -0.1) is 0 Å². The van der Waals surface area contributed by atoms with E-state index < -0.39 is 6.10 Å². The van der Waals surface area contributed by atoms with Crippen LogP contribution < -0.4 is 10.6 Å². The average Bonchev–Trinajstić information content (AvgIpc) is 2.79. The summed E-state index contributed by atoms with van der Waals surface area (Å²) in [6.07, 6.45) is -0.205. The lowest BCUT2D eigenvalue weighted by Gasteiger charge is -2.17. The lowest BCUT2D eigenvalue weighted by atomic mass is 10.1. The summed E-state index contributed by atoms with van der Waals surface area (Å²) in [5, 5.41) is 19.9. The number of amides is 2. The standard InChI is InChI=1S/C18H25FN4O2/c1-11(9-16-12(2)22-23(4)13(16)3)21-18(25)20-10-17(24)14-5-7-15(19)8-6-14/h5-8,11,17,24H,9-10H2,1-4H3,(H2,20,21,25). The predicted octanol–water partition coefficient (Wildman–Crippen LogP) is 2.14. The molecule has 1 aromatic heterocycles. The fraction of sp³-hybridized carbons (Fsp3) is 0.444. The number of aryl methyl sites for hydroxylation is 2. The molecule has 0 fully saturated rings. The number of urea groups is 1. The largest absolute Gasteiger partial charge is 0.387 e. The van der Waals surface area contributed by atoms with Crippen LogP contribution in [0.5, 0.6) is 0 Å². The third-order valence-corrected chi connectivity index (χ3v) is 4.26. The molecule has 1 aromatic carbocycles. The second-order valence-corrected chi connectivity index (χ2v) is 6.30. The average molecular weight is 348 g/mol. The van der Waals surface area contributed by atoms with E-state index >= 15 is 0 Å². The van der Waals surface area contributed by atoms with Crippen LogP contribution in [-0.2, 0) is 13.5 Å². The van der Waals surface area contributed by atoms with Gasteiger partial charge < -0.3 is 15.7 Å². The van der Waals surface area contributed by atoms with Crippen LogP contribution in [0, 0.1) is 19.7 Å². The molecular formula is C18H25FN4O2. The number of benzene rings is 1. The van der Waals surface area contributed by atoms with E-state index in [1.807, 2.05) is 32.5 Å². The van der Waals surface area contributed by atoms with Crippen molar-refractivity contribution >= 4 is 6.03 Å². The fourth-order valence-electron chi connectivity index (χ4n) is 2.74. The van der Waals surface area contributed by atoms with Gasteiger partial charge in [-0.25, -0.2) is 9.18 Å². The van der Waals surface area contributed by atoms with Gasteiger partial charge in [0.05, 0.1) is 11.8 Å². The number of nitrogens with one attached hydrogen (secondary N) is 2. The minimum Gasteiger partial charge on any atom is -0.387 e.